The maximum Gasteiger partial charge on any atom is 0.284 e. The second-order valence-electron chi connectivity index (χ2n) is 5.19. The lowest BCUT2D eigenvalue weighted by Crippen LogP contribution is -2.12. The number of nitrogens with zero attached hydrogens (tertiary/aromatic N) is 1. The van der Waals surface area contributed by atoms with Gasteiger partial charge in [0.2, 0.25) is 0 Å². The zero-order valence-electron chi connectivity index (χ0n) is 12.9. The highest BCUT2D eigenvalue weighted by Gasteiger charge is 2.16. The maximum absolute atomic E-state index is 12.3. The zero-order chi connectivity index (χ0) is 17.9. The van der Waals surface area contributed by atoms with Gasteiger partial charge in [0.05, 0.1) is 20.5 Å². The summed E-state index contributed by atoms with van der Waals surface area (Å²) in [5, 5.41) is 14.0. The molecule has 0 aliphatic rings. The number of anilines is 1. The SMILES string of the molecule is CC(C)Oc1ccc(NC(=O)c2ccc(Br)c([N+](=O)[O-])c2)cc1Cl. The Morgan fingerprint density at radius 3 is 2.58 bits per heavy atom. The van der Waals surface area contributed by atoms with Crippen LogP contribution in [0.3, 0.4) is 0 Å². The molecule has 2 rings (SSSR count). The summed E-state index contributed by atoms with van der Waals surface area (Å²) >= 11 is 9.20. The Kier molecular flexibility index (Phi) is 5.80. The van der Waals surface area contributed by atoms with E-state index in [0.29, 0.717) is 20.9 Å². The van der Waals surface area contributed by atoms with E-state index >= 15 is 0 Å². The normalized spacial score (nSPS) is 10.5. The first kappa shape index (κ1) is 18.2. The van der Waals surface area contributed by atoms with Crippen LogP contribution in [-0.2, 0) is 0 Å². The Bertz CT molecular complexity index is 796. The highest BCUT2D eigenvalue weighted by atomic mass is 79.9. The van der Waals surface area contributed by atoms with Crippen LogP contribution in [0.2, 0.25) is 5.02 Å². The predicted molar refractivity (Wildman–Crippen MR) is 96.0 cm³/mol. The van der Waals surface area contributed by atoms with Gasteiger partial charge >= 0.3 is 0 Å². The maximum atomic E-state index is 12.3. The molecule has 8 heteroatoms. The number of ether oxygens (including phenoxy) is 1. The highest BCUT2D eigenvalue weighted by Crippen LogP contribution is 2.29. The molecule has 1 N–H and O–H groups in total. The van der Waals surface area contributed by atoms with Crippen molar-refractivity contribution in [2.24, 2.45) is 0 Å². The van der Waals surface area contributed by atoms with E-state index in [4.69, 9.17) is 16.3 Å². The van der Waals surface area contributed by atoms with Crippen LogP contribution < -0.4 is 10.1 Å². The fourth-order valence-corrected chi connectivity index (χ4v) is 2.54. The molecule has 1 amide bonds. The van der Waals surface area contributed by atoms with E-state index in [1.807, 2.05) is 13.8 Å². The third kappa shape index (κ3) is 4.46. The molecule has 0 unspecified atom stereocenters. The van der Waals surface area contributed by atoms with Gasteiger partial charge in [0, 0.05) is 17.3 Å². The van der Waals surface area contributed by atoms with Crippen molar-refractivity contribution >= 4 is 44.8 Å². The molecule has 0 heterocycles. The predicted octanol–water partition coefficient (Wildman–Crippen LogP) is 5.05. The molecule has 126 valence electrons. The molecular weight excluding hydrogens is 400 g/mol. The van der Waals surface area contributed by atoms with Crippen molar-refractivity contribution in [1.82, 2.24) is 0 Å². The van der Waals surface area contributed by atoms with E-state index in [0.717, 1.165) is 0 Å². The molecule has 0 saturated carbocycles. The molecule has 0 radical (unpaired) electrons. The van der Waals surface area contributed by atoms with Crippen LogP contribution in [0.15, 0.2) is 40.9 Å². The molecule has 0 bridgehead atoms. The fraction of sp³-hybridized carbons (Fsp3) is 0.188. The van der Waals surface area contributed by atoms with E-state index in [9.17, 15) is 14.9 Å². The number of amides is 1. The average Bonchev–Trinajstić information content (AvgIpc) is 2.49. The summed E-state index contributed by atoms with van der Waals surface area (Å²) in [5.41, 5.74) is 0.455. The van der Waals surface area contributed by atoms with Gasteiger partial charge in [-0.1, -0.05) is 11.6 Å². The number of benzene rings is 2. The number of halogens is 2. The first-order chi connectivity index (χ1) is 11.3. The molecule has 0 saturated heterocycles. The van der Waals surface area contributed by atoms with E-state index < -0.39 is 10.8 Å². The monoisotopic (exact) mass is 412 g/mol. The fourth-order valence-electron chi connectivity index (χ4n) is 1.93. The second-order valence-corrected chi connectivity index (χ2v) is 6.45. The van der Waals surface area contributed by atoms with Crippen LogP contribution >= 0.6 is 27.5 Å². The van der Waals surface area contributed by atoms with Crippen molar-refractivity contribution in [3.05, 3.63) is 61.6 Å². The summed E-state index contributed by atoms with van der Waals surface area (Å²) in [5.74, 6) is 0.0446. The van der Waals surface area contributed by atoms with Gasteiger partial charge in [-0.15, -0.1) is 0 Å². The lowest BCUT2D eigenvalue weighted by atomic mass is 10.2. The second kappa shape index (κ2) is 7.63. The average molecular weight is 414 g/mol. The number of nitro groups is 1. The van der Waals surface area contributed by atoms with Crippen molar-refractivity contribution < 1.29 is 14.5 Å². The summed E-state index contributed by atoms with van der Waals surface area (Å²) in [6.45, 7) is 3.76. The molecule has 24 heavy (non-hydrogen) atoms. The molecule has 0 fully saturated rings. The van der Waals surface area contributed by atoms with Crippen LogP contribution in [0.1, 0.15) is 24.2 Å². The van der Waals surface area contributed by atoms with Crippen molar-refractivity contribution in [2.45, 2.75) is 20.0 Å². The van der Waals surface area contributed by atoms with Crippen molar-refractivity contribution in [1.29, 1.82) is 0 Å². The van der Waals surface area contributed by atoms with Crippen LogP contribution in [0.25, 0.3) is 0 Å². The lowest BCUT2D eigenvalue weighted by molar-refractivity contribution is -0.385. The molecule has 0 aromatic heterocycles. The molecule has 0 spiro atoms. The number of hydrogen-bond donors (Lipinski definition) is 1. The van der Waals surface area contributed by atoms with Gasteiger partial charge in [-0.25, -0.2) is 0 Å². The number of hydrogen-bond acceptors (Lipinski definition) is 4. The van der Waals surface area contributed by atoms with Crippen molar-refractivity contribution in [3.8, 4) is 5.75 Å². The minimum absolute atomic E-state index is 0.0220. The van der Waals surface area contributed by atoms with Gasteiger partial charge in [-0.3, -0.25) is 14.9 Å². The van der Waals surface area contributed by atoms with Gasteiger partial charge < -0.3 is 10.1 Å². The summed E-state index contributed by atoms with van der Waals surface area (Å²) in [6.07, 6.45) is -0.0220. The Hall–Kier alpha value is -2.12. The molecule has 2 aromatic rings. The van der Waals surface area contributed by atoms with Crippen LogP contribution in [-0.4, -0.2) is 16.9 Å². The first-order valence-electron chi connectivity index (χ1n) is 6.99. The summed E-state index contributed by atoms with van der Waals surface area (Å²) < 4.78 is 5.83. The zero-order valence-corrected chi connectivity index (χ0v) is 15.2. The van der Waals surface area contributed by atoms with Gasteiger partial charge in [0.1, 0.15) is 5.75 Å². The van der Waals surface area contributed by atoms with Crippen LogP contribution in [0, 0.1) is 10.1 Å². The smallest absolute Gasteiger partial charge is 0.284 e. The van der Waals surface area contributed by atoms with Crippen molar-refractivity contribution in [2.75, 3.05) is 5.32 Å². The van der Waals surface area contributed by atoms with E-state index in [1.54, 1.807) is 18.2 Å². The number of nitrogens with one attached hydrogen (secondary N) is 1. The van der Waals surface area contributed by atoms with Gasteiger partial charge in [0.25, 0.3) is 11.6 Å². The Balaban J connectivity index is 2.19. The standard InChI is InChI=1S/C16H14BrClN2O4/c1-9(2)24-15-6-4-11(8-13(15)18)19-16(21)10-3-5-12(17)14(7-10)20(22)23/h3-9H,1-2H3,(H,19,21). The third-order valence-corrected chi connectivity index (χ3v) is 3.92. The quantitative estimate of drug-likeness (QED) is 0.549. The summed E-state index contributed by atoms with van der Waals surface area (Å²) in [4.78, 5) is 22.6. The van der Waals surface area contributed by atoms with Crippen LogP contribution in [0.5, 0.6) is 5.75 Å². The summed E-state index contributed by atoms with van der Waals surface area (Å²) in [6, 6.07) is 9.02. The topological polar surface area (TPSA) is 81.5 Å². The largest absolute Gasteiger partial charge is 0.489 e. The molecule has 0 atom stereocenters. The van der Waals surface area contributed by atoms with Crippen LogP contribution in [0.4, 0.5) is 11.4 Å². The molecule has 6 nitrogen and oxygen atoms in total. The number of carbonyl (C=O) groups is 1. The molecule has 0 aliphatic carbocycles. The first-order valence-corrected chi connectivity index (χ1v) is 8.16. The van der Waals surface area contributed by atoms with E-state index in [2.05, 4.69) is 21.2 Å². The van der Waals surface area contributed by atoms with E-state index in [-0.39, 0.29) is 17.4 Å². The third-order valence-electron chi connectivity index (χ3n) is 2.96. The molecular formula is C16H14BrClN2O4. The Morgan fingerprint density at radius 2 is 2.00 bits per heavy atom. The molecule has 0 aliphatic heterocycles. The molecule has 2 aromatic carbocycles. The Labute approximate surface area is 152 Å². The van der Waals surface area contributed by atoms with Gasteiger partial charge in [-0.05, 0) is 60.1 Å². The van der Waals surface area contributed by atoms with Crippen molar-refractivity contribution in [3.63, 3.8) is 0 Å². The minimum atomic E-state index is -0.560. The number of carbonyl (C=O) groups excluding carboxylic acids is 1. The highest BCUT2D eigenvalue weighted by molar-refractivity contribution is 9.10. The minimum Gasteiger partial charge on any atom is -0.489 e. The number of rotatable bonds is 5. The lowest BCUT2D eigenvalue weighted by Gasteiger charge is -2.12. The van der Waals surface area contributed by atoms with Gasteiger partial charge in [0.15, 0.2) is 0 Å². The summed E-state index contributed by atoms with van der Waals surface area (Å²) in [7, 11) is 0. The van der Waals surface area contributed by atoms with Gasteiger partial charge in [-0.2, -0.15) is 0 Å². The number of nitro benzene ring substituents is 1. The van der Waals surface area contributed by atoms with E-state index in [1.165, 1.54) is 18.2 Å². The Morgan fingerprint density at radius 1 is 1.29 bits per heavy atom.